The number of aromatic nitrogens is 6. The van der Waals surface area contributed by atoms with Crippen LogP contribution in [0.25, 0.3) is 34.1 Å². The van der Waals surface area contributed by atoms with Crippen LogP contribution in [0.4, 0.5) is 11.5 Å². The molecule has 45 heavy (non-hydrogen) atoms. The number of halogens is 1. The van der Waals surface area contributed by atoms with E-state index in [1.165, 1.54) is 0 Å². The van der Waals surface area contributed by atoms with Crippen LogP contribution in [0.2, 0.25) is 0 Å². The van der Waals surface area contributed by atoms with E-state index in [1.807, 2.05) is 53.2 Å². The Morgan fingerprint density at radius 2 is 1.87 bits per heavy atom. The van der Waals surface area contributed by atoms with E-state index < -0.39 is 5.91 Å². The summed E-state index contributed by atoms with van der Waals surface area (Å²) in [5.74, 6) is 0.744. The minimum atomic E-state index is -0.568. The molecule has 2 amide bonds. The van der Waals surface area contributed by atoms with Crippen LogP contribution in [0.3, 0.4) is 0 Å². The smallest absolute Gasteiger partial charge is 0.266 e. The summed E-state index contributed by atoms with van der Waals surface area (Å²) < 4.78 is 3.67. The first-order chi connectivity index (χ1) is 21.9. The number of hydrogen-bond acceptors (Lipinski definition) is 7. The maximum atomic E-state index is 13.4. The molecule has 4 heterocycles. The summed E-state index contributed by atoms with van der Waals surface area (Å²) in [5.41, 5.74) is 12.0. The number of nitrogens with one attached hydrogen (secondary N) is 2. The van der Waals surface area contributed by atoms with Gasteiger partial charge >= 0.3 is 0 Å². The fourth-order valence-corrected chi connectivity index (χ4v) is 5.67. The molecule has 2 aromatic carbocycles. The Balaban J connectivity index is 1.25. The van der Waals surface area contributed by atoms with Crippen LogP contribution in [0.5, 0.6) is 0 Å². The SMILES string of the molecule is C=C(Cl)C(=O)Nc1ccccc1C(=O)N[C@H]1CCc2cc(-n3c(-c4cccnc4N)nc4ccc(-n5cccn5)nc43)ccc21. The Morgan fingerprint density at radius 3 is 2.67 bits per heavy atom. The second kappa shape index (κ2) is 11.4. The van der Waals surface area contributed by atoms with Crippen molar-refractivity contribution in [3.05, 3.63) is 120 Å². The van der Waals surface area contributed by atoms with Crippen molar-refractivity contribution in [3.8, 4) is 22.9 Å². The van der Waals surface area contributed by atoms with Crippen molar-refractivity contribution in [2.24, 2.45) is 0 Å². The predicted octanol–water partition coefficient (Wildman–Crippen LogP) is 5.36. The van der Waals surface area contributed by atoms with Crippen molar-refractivity contribution in [3.63, 3.8) is 0 Å². The monoisotopic (exact) mass is 615 g/mol. The lowest BCUT2D eigenvalue weighted by atomic mass is 10.1. The van der Waals surface area contributed by atoms with Gasteiger partial charge < -0.3 is 16.4 Å². The van der Waals surface area contributed by atoms with Gasteiger partial charge in [0.05, 0.1) is 27.9 Å². The summed E-state index contributed by atoms with van der Waals surface area (Å²) in [4.78, 5) is 39.6. The predicted molar refractivity (Wildman–Crippen MR) is 172 cm³/mol. The van der Waals surface area contributed by atoms with E-state index in [4.69, 9.17) is 27.3 Å². The van der Waals surface area contributed by atoms with E-state index in [0.717, 1.165) is 23.2 Å². The number of fused-ring (bicyclic) bond motifs is 2. The highest BCUT2D eigenvalue weighted by Crippen LogP contribution is 2.36. The Morgan fingerprint density at radius 1 is 1.00 bits per heavy atom. The van der Waals surface area contributed by atoms with E-state index in [1.54, 1.807) is 41.3 Å². The number of hydrogen-bond donors (Lipinski definition) is 3. The molecule has 0 fully saturated rings. The lowest BCUT2D eigenvalue weighted by molar-refractivity contribution is -0.112. The van der Waals surface area contributed by atoms with Crippen LogP contribution in [-0.2, 0) is 11.2 Å². The molecule has 4 aromatic heterocycles. The van der Waals surface area contributed by atoms with Gasteiger partial charge in [-0.05, 0) is 78.6 Å². The van der Waals surface area contributed by atoms with Crippen LogP contribution in [0, 0.1) is 0 Å². The summed E-state index contributed by atoms with van der Waals surface area (Å²) in [7, 11) is 0. The van der Waals surface area contributed by atoms with Gasteiger partial charge in [-0.25, -0.2) is 19.6 Å². The fraction of sp³-hybridized carbons (Fsp3) is 0.0909. The molecule has 0 saturated heterocycles. The molecular formula is C33H26ClN9O2. The third-order valence-corrected chi connectivity index (χ3v) is 7.91. The molecule has 0 unspecified atom stereocenters. The highest BCUT2D eigenvalue weighted by atomic mass is 35.5. The van der Waals surface area contributed by atoms with Gasteiger partial charge in [-0.1, -0.05) is 36.4 Å². The third kappa shape index (κ3) is 5.19. The van der Waals surface area contributed by atoms with Gasteiger partial charge in [-0.15, -0.1) is 0 Å². The number of carbonyl (C=O) groups is 2. The van der Waals surface area contributed by atoms with Crippen molar-refractivity contribution in [1.29, 1.82) is 0 Å². The van der Waals surface area contributed by atoms with Crippen molar-refractivity contribution in [2.75, 3.05) is 11.1 Å². The number of nitrogen functional groups attached to an aromatic ring is 1. The summed E-state index contributed by atoms with van der Waals surface area (Å²) in [6.07, 6.45) is 6.64. The molecule has 0 radical (unpaired) electrons. The zero-order valence-corrected chi connectivity index (χ0v) is 24.6. The Hall–Kier alpha value is -5.81. The number of aryl methyl sites for hydroxylation is 1. The summed E-state index contributed by atoms with van der Waals surface area (Å²) in [5, 5.41) is 9.94. The molecule has 222 valence electrons. The number of benzene rings is 2. The van der Waals surface area contributed by atoms with Crippen LogP contribution in [0.15, 0.2) is 103 Å². The topological polar surface area (TPSA) is 146 Å². The number of anilines is 2. The summed E-state index contributed by atoms with van der Waals surface area (Å²) >= 11 is 5.74. The summed E-state index contributed by atoms with van der Waals surface area (Å²) in [6, 6.07) is 22.0. The van der Waals surface area contributed by atoms with Crippen LogP contribution in [0.1, 0.15) is 33.9 Å². The maximum absolute atomic E-state index is 13.4. The molecule has 1 atom stereocenters. The first-order valence-corrected chi connectivity index (χ1v) is 14.5. The molecule has 12 heteroatoms. The normalized spacial score (nSPS) is 13.8. The average molecular weight is 616 g/mol. The molecule has 1 aliphatic rings. The number of imidazole rings is 1. The number of nitrogens with two attached hydrogens (primary N) is 1. The average Bonchev–Trinajstić information content (AvgIpc) is 3.80. The number of para-hydroxylation sites is 1. The molecule has 4 N–H and O–H groups in total. The molecule has 1 aliphatic carbocycles. The standard InChI is InChI=1S/C33H26ClN9O2/c1-19(34)32(44)39-25-8-3-2-6-23(25)33(45)40-26-12-9-20-18-21(10-11-22(20)26)43-30(24-7-4-15-36-29(24)35)38-27-13-14-28(41-31(27)43)42-17-5-16-37-42/h2-8,10-11,13-18,26H,1,9,12H2,(H2,35,36)(H,39,44)(H,40,45)/t26-/m0/s1. The molecule has 0 saturated carbocycles. The van der Waals surface area contributed by atoms with Crippen molar-refractivity contribution in [2.45, 2.75) is 18.9 Å². The molecule has 0 bridgehead atoms. The quantitative estimate of drug-likeness (QED) is 0.205. The number of carbonyl (C=O) groups excluding carboxylic acids is 2. The molecular weight excluding hydrogens is 590 g/mol. The van der Waals surface area contributed by atoms with E-state index >= 15 is 0 Å². The van der Waals surface area contributed by atoms with Gasteiger partial charge in [0.2, 0.25) is 0 Å². The Kier molecular flexibility index (Phi) is 7.07. The highest BCUT2D eigenvalue weighted by Gasteiger charge is 2.27. The van der Waals surface area contributed by atoms with Gasteiger partial charge in [0.25, 0.3) is 11.8 Å². The highest BCUT2D eigenvalue weighted by molar-refractivity contribution is 6.43. The first kappa shape index (κ1) is 28.0. The first-order valence-electron chi connectivity index (χ1n) is 14.2. The van der Waals surface area contributed by atoms with Crippen LogP contribution < -0.4 is 16.4 Å². The van der Waals surface area contributed by atoms with E-state index in [9.17, 15) is 9.59 Å². The second-order valence-electron chi connectivity index (χ2n) is 10.5. The largest absolute Gasteiger partial charge is 0.383 e. The molecule has 0 aliphatic heterocycles. The second-order valence-corrected chi connectivity index (χ2v) is 11.0. The molecule has 11 nitrogen and oxygen atoms in total. The summed E-state index contributed by atoms with van der Waals surface area (Å²) in [6.45, 7) is 3.45. The van der Waals surface area contributed by atoms with Gasteiger partial charge in [0.1, 0.15) is 11.3 Å². The van der Waals surface area contributed by atoms with Crippen LogP contribution >= 0.6 is 11.6 Å². The van der Waals surface area contributed by atoms with Crippen LogP contribution in [-0.4, -0.2) is 41.1 Å². The van der Waals surface area contributed by atoms with Crippen molar-refractivity contribution >= 4 is 46.1 Å². The van der Waals surface area contributed by atoms with E-state index in [2.05, 4.69) is 33.4 Å². The lowest BCUT2D eigenvalue weighted by Crippen LogP contribution is -2.28. The van der Waals surface area contributed by atoms with Gasteiger partial charge in [0.15, 0.2) is 17.3 Å². The maximum Gasteiger partial charge on any atom is 0.266 e. The van der Waals surface area contributed by atoms with E-state index in [0.29, 0.717) is 51.9 Å². The fourth-order valence-electron chi connectivity index (χ4n) is 5.62. The zero-order valence-electron chi connectivity index (χ0n) is 23.8. The Labute approximate surface area is 262 Å². The minimum Gasteiger partial charge on any atom is -0.383 e. The number of nitrogens with zero attached hydrogens (tertiary/aromatic N) is 6. The van der Waals surface area contributed by atoms with Gasteiger partial charge in [0, 0.05) is 24.3 Å². The minimum absolute atomic E-state index is 0.168. The lowest BCUT2D eigenvalue weighted by Gasteiger charge is -2.17. The third-order valence-electron chi connectivity index (χ3n) is 7.74. The van der Waals surface area contributed by atoms with Gasteiger partial charge in [-0.3, -0.25) is 14.2 Å². The molecule has 6 aromatic rings. The molecule has 7 rings (SSSR count). The molecule has 0 spiro atoms. The van der Waals surface area contributed by atoms with Gasteiger partial charge in [-0.2, -0.15) is 5.10 Å². The number of amides is 2. The Bertz CT molecular complexity index is 2120. The van der Waals surface area contributed by atoms with E-state index in [-0.39, 0.29) is 17.0 Å². The zero-order chi connectivity index (χ0) is 31.1. The number of rotatable bonds is 7. The van der Waals surface area contributed by atoms with Crippen molar-refractivity contribution in [1.82, 2.24) is 34.6 Å². The number of pyridine rings is 2. The van der Waals surface area contributed by atoms with Crippen molar-refractivity contribution < 1.29 is 9.59 Å².